The molecule has 0 N–H and O–H groups in total. The fourth-order valence-electron chi connectivity index (χ4n) is 0.689. The number of thiocarbonyl (C=S) groups is 2. The van der Waals surface area contributed by atoms with E-state index in [0.29, 0.717) is 13.2 Å². The van der Waals surface area contributed by atoms with Gasteiger partial charge < -0.3 is 9.47 Å². The molecule has 14 heavy (non-hydrogen) atoms. The Morgan fingerprint density at radius 1 is 1.07 bits per heavy atom. The Morgan fingerprint density at radius 2 is 1.43 bits per heavy atom. The molecule has 0 amide bonds. The molecule has 0 saturated heterocycles. The normalized spacial score (nSPS) is 10.0. The lowest BCUT2D eigenvalue weighted by Crippen LogP contribution is -2.27. The number of hydrogen-bond acceptors (Lipinski definition) is 5. The molecule has 0 saturated carbocycles. The standard InChI is InChI=1S/C7H13NO2S4/c1-8(2-4-9-6(11)12)3-5-10-7(13)14/h2-5H2,1H3,(H,11,12)(H,13,14). The van der Waals surface area contributed by atoms with Gasteiger partial charge in [0, 0.05) is 13.1 Å². The van der Waals surface area contributed by atoms with E-state index >= 15 is 0 Å². The number of hydrogen-bond donors (Lipinski definition) is 2. The van der Waals surface area contributed by atoms with Crippen LogP contribution in [0.25, 0.3) is 0 Å². The van der Waals surface area contributed by atoms with E-state index in [4.69, 9.17) is 9.47 Å². The smallest absolute Gasteiger partial charge is 0.216 e. The van der Waals surface area contributed by atoms with Crippen LogP contribution in [0.3, 0.4) is 0 Å². The molecular weight excluding hydrogens is 258 g/mol. The molecule has 0 bridgehead atoms. The van der Waals surface area contributed by atoms with Crippen molar-refractivity contribution < 1.29 is 9.47 Å². The summed E-state index contributed by atoms with van der Waals surface area (Å²) in [7, 11) is 1.95. The summed E-state index contributed by atoms with van der Waals surface area (Å²) >= 11 is 17.0. The van der Waals surface area contributed by atoms with E-state index in [-0.39, 0.29) is 8.77 Å². The van der Waals surface area contributed by atoms with Crippen molar-refractivity contribution in [3.05, 3.63) is 0 Å². The van der Waals surface area contributed by atoms with Crippen molar-refractivity contribution in [1.29, 1.82) is 0 Å². The minimum Gasteiger partial charge on any atom is -0.477 e. The van der Waals surface area contributed by atoms with E-state index in [1.165, 1.54) is 0 Å². The van der Waals surface area contributed by atoms with E-state index in [1.807, 2.05) is 11.9 Å². The van der Waals surface area contributed by atoms with Crippen molar-refractivity contribution in [2.75, 3.05) is 33.4 Å². The summed E-state index contributed by atoms with van der Waals surface area (Å²) in [5.41, 5.74) is 0. The SMILES string of the molecule is CN(CCOC(=S)S)CCOC(=S)S. The zero-order valence-corrected chi connectivity index (χ0v) is 11.2. The van der Waals surface area contributed by atoms with Crippen molar-refractivity contribution in [2.24, 2.45) is 0 Å². The van der Waals surface area contributed by atoms with E-state index in [9.17, 15) is 0 Å². The average molecular weight is 271 g/mol. The Kier molecular flexibility index (Phi) is 9.00. The first kappa shape index (κ1) is 14.4. The second-order valence-corrected chi connectivity index (χ2v) is 4.69. The van der Waals surface area contributed by atoms with Crippen molar-refractivity contribution >= 4 is 58.5 Å². The van der Waals surface area contributed by atoms with Crippen LogP contribution in [0.1, 0.15) is 0 Å². The predicted octanol–water partition coefficient (Wildman–Crippen LogP) is 1.38. The van der Waals surface area contributed by atoms with Gasteiger partial charge in [-0.2, -0.15) is 0 Å². The van der Waals surface area contributed by atoms with E-state index in [0.717, 1.165) is 13.1 Å². The highest BCUT2D eigenvalue weighted by Gasteiger charge is 1.99. The molecule has 0 radical (unpaired) electrons. The molecule has 0 atom stereocenters. The van der Waals surface area contributed by atoms with Gasteiger partial charge in [-0.25, -0.2) is 0 Å². The average Bonchev–Trinajstić information content (AvgIpc) is 2.02. The number of likely N-dealkylation sites (N-methyl/N-ethyl adjacent to an activating group) is 1. The second kappa shape index (κ2) is 8.72. The van der Waals surface area contributed by atoms with Crippen molar-refractivity contribution in [3.63, 3.8) is 0 Å². The third-order valence-electron chi connectivity index (χ3n) is 1.40. The van der Waals surface area contributed by atoms with Crippen LogP contribution in [0.2, 0.25) is 0 Å². The molecule has 7 heteroatoms. The first-order valence-corrected chi connectivity index (χ1v) is 5.63. The minimum atomic E-state index is 0.270. The van der Waals surface area contributed by atoms with Crippen molar-refractivity contribution in [1.82, 2.24) is 4.90 Å². The van der Waals surface area contributed by atoms with Gasteiger partial charge >= 0.3 is 0 Å². The first-order valence-electron chi connectivity index (χ1n) is 3.92. The van der Waals surface area contributed by atoms with Crippen LogP contribution in [0.4, 0.5) is 0 Å². The molecule has 0 aromatic carbocycles. The molecule has 3 nitrogen and oxygen atoms in total. The molecule has 0 aliphatic carbocycles. The fraction of sp³-hybridized carbons (Fsp3) is 0.714. The number of nitrogens with zero attached hydrogens (tertiary/aromatic N) is 1. The van der Waals surface area contributed by atoms with Gasteiger partial charge in [0.15, 0.2) is 0 Å². The zero-order valence-electron chi connectivity index (χ0n) is 7.80. The van der Waals surface area contributed by atoms with Crippen LogP contribution in [0.5, 0.6) is 0 Å². The van der Waals surface area contributed by atoms with Crippen molar-refractivity contribution in [2.45, 2.75) is 0 Å². The Hall–Kier alpha value is 0.440. The van der Waals surface area contributed by atoms with Gasteiger partial charge in [-0.1, -0.05) is 25.3 Å². The van der Waals surface area contributed by atoms with Gasteiger partial charge in [-0.3, -0.25) is 4.90 Å². The maximum absolute atomic E-state index is 5.01. The number of ether oxygens (including phenoxy) is 2. The first-order chi connectivity index (χ1) is 6.52. The zero-order chi connectivity index (χ0) is 11.0. The number of thiol groups is 2. The Balaban J connectivity index is 3.32. The van der Waals surface area contributed by atoms with Crippen LogP contribution < -0.4 is 0 Å². The largest absolute Gasteiger partial charge is 0.477 e. The molecule has 0 aliphatic rings. The monoisotopic (exact) mass is 271 g/mol. The van der Waals surface area contributed by atoms with Gasteiger partial charge in [0.25, 0.3) is 0 Å². The molecule has 0 aromatic rings. The molecule has 0 unspecified atom stereocenters. The molecule has 82 valence electrons. The highest BCUT2D eigenvalue weighted by Crippen LogP contribution is 1.91. The van der Waals surface area contributed by atoms with Gasteiger partial charge in [0.05, 0.1) is 0 Å². The second-order valence-electron chi connectivity index (χ2n) is 2.53. The van der Waals surface area contributed by atoms with Crippen molar-refractivity contribution in [3.8, 4) is 0 Å². The predicted molar refractivity (Wildman–Crippen MR) is 72.6 cm³/mol. The van der Waals surface area contributed by atoms with Gasteiger partial charge in [0.1, 0.15) is 13.2 Å². The summed E-state index contributed by atoms with van der Waals surface area (Å²) in [6.07, 6.45) is 0. The van der Waals surface area contributed by atoms with E-state index < -0.39 is 0 Å². The summed E-state index contributed by atoms with van der Waals surface area (Å²) in [5, 5.41) is 0. The van der Waals surface area contributed by atoms with Crippen LogP contribution in [0, 0.1) is 0 Å². The molecule has 0 rings (SSSR count). The van der Waals surface area contributed by atoms with E-state index in [1.54, 1.807) is 0 Å². The fourth-order valence-corrected chi connectivity index (χ4v) is 1.04. The molecule has 0 heterocycles. The Bertz CT molecular complexity index is 180. The van der Waals surface area contributed by atoms with Gasteiger partial charge in [-0.05, 0) is 31.5 Å². The van der Waals surface area contributed by atoms with E-state index in [2.05, 4.69) is 49.7 Å². The minimum absolute atomic E-state index is 0.270. The highest BCUT2D eigenvalue weighted by molar-refractivity contribution is 8.10. The van der Waals surface area contributed by atoms with Crippen LogP contribution in [0.15, 0.2) is 0 Å². The maximum Gasteiger partial charge on any atom is 0.216 e. The van der Waals surface area contributed by atoms with Gasteiger partial charge in [0.2, 0.25) is 8.77 Å². The molecule has 0 spiro atoms. The summed E-state index contributed by atoms with van der Waals surface area (Å²) < 4.78 is 10.6. The molecular formula is C7H13NO2S4. The van der Waals surface area contributed by atoms with Crippen LogP contribution >= 0.6 is 49.7 Å². The third-order valence-corrected chi connectivity index (χ3v) is 1.89. The lowest BCUT2D eigenvalue weighted by molar-refractivity contribution is 0.201. The quantitative estimate of drug-likeness (QED) is 0.561. The number of rotatable bonds is 6. The molecule has 0 aliphatic heterocycles. The summed E-state index contributed by atoms with van der Waals surface area (Å²) in [5.74, 6) is 0. The lowest BCUT2D eigenvalue weighted by atomic mass is 10.5. The van der Waals surface area contributed by atoms with Crippen LogP contribution in [-0.2, 0) is 9.47 Å². The van der Waals surface area contributed by atoms with Gasteiger partial charge in [-0.15, -0.1) is 0 Å². The summed E-state index contributed by atoms with van der Waals surface area (Å²) in [6.45, 7) is 2.60. The topological polar surface area (TPSA) is 21.7 Å². The summed E-state index contributed by atoms with van der Waals surface area (Å²) in [6, 6.07) is 0. The molecule has 0 fully saturated rings. The summed E-state index contributed by atoms with van der Waals surface area (Å²) in [4.78, 5) is 2.04. The Morgan fingerprint density at radius 3 is 1.71 bits per heavy atom. The molecule has 0 aromatic heterocycles. The highest BCUT2D eigenvalue weighted by atomic mass is 32.1. The third kappa shape index (κ3) is 10.5. The van der Waals surface area contributed by atoms with Crippen LogP contribution in [-0.4, -0.2) is 47.0 Å². The lowest BCUT2D eigenvalue weighted by Gasteiger charge is -2.16. The maximum atomic E-state index is 5.01. The Labute approximate surface area is 106 Å².